The molecule has 2 aromatic heterocycles. The van der Waals surface area contributed by atoms with Crippen molar-refractivity contribution >= 4 is 33.1 Å². The van der Waals surface area contributed by atoms with Gasteiger partial charge in [-0.05, 0) is 55.8 Å². The van der Waals surface area contributed by atoms with E-state index < -0.39 is 0 Å². The van der Waals surface area contributed by atoms with Gasteiger partial charge in [-0.3, -0.25) is 9.69 Å². The third-order valence-electron chi connectivity index (χ3n) is 6.16. The minimum absolute atomic E-state index is 0.0649. The first-order valence-corrected chi connectivity index (χ1v) is 11.9. The van der Waals surface area contributed by atoms with Gasteiger partial charge in [-0.2, -0.15) is 0 Å². The van der Waals surface area contributed by atoms with E-state index in [0.717, 1.165) is 60.9 Å². The van der Waals surface area contributed by atoms with Gasteiger partial charge in [0.2, 0.25) is 5.91 Å². The maximum atomic E-state index is 12.8. The van der Waals surface area contributed by atoms with Crippen LogP contribution in [0.25, 0.3) is 10.2 Å². The maximum absolute atomic E-state index is 12.8. The summed E-state index contributed by atoms with van der Waals surface area (Å²) in [7, 11) is 2.02. The third kappa shape index (κ3) is 4.74. The summed E-state index contributed by atoms with van der Waals surface area (Å²) in [4.78, 5) is 24.3. The summed E-state index contributed by atoms with van der Waals surface area (Å²) in [5.74, 6) is 1.26. The van der Waals surface area contributed by atoms with Crippen molar-refractivity contribution in [3.8, 4) is 0 Å². The van der Waals surface area contributed by atoms with Gasteiger partial charge in [-0.25, -0.2) is 9.97 Å². The normalized spacial score (nSPS) is 15.3. The Balaban J connectivity index is 1.13. The lowest BCUT2D eigenvalue weighted by Crippen LogP contribution is -2.38. The van der Waals surface area contributed by atoms with E-state index in [2.05, 4.69) is 44.0 Å². The Morgan fingerprint density at radius 1 is 1.12 bits per heavy atom. The van der Waals surface area contributed by atoms with Gasteiger partial charge in [0.05, 0.1) is 21.8 Å². The molecule has 1 N–H and O–H groups in total. The molecular formula is C25H27N5OS. The van der Waals surface area contributed by atoms with E-state index in [-0.39, 0.29) is 11.8 Å². The SMILES string of the molecule is Cn1ccnc1CN1CCC(C(=O)Nc2ccc(Cc3nc4ccccc4s3)cc2)CC1. The lowest BCUT2D eigenvalue weighted by Gasteiger charge is -2.30. The van der Waals surface area contributed by atoms with Gasteiger partial charge in [0.15, 0.2) is 0 Å². The van der Waals surface area contributed by atoms with Crippen LogP contribution in [-0.4, -0.2) is 38.4 Å². The number of piperidine rings is 1. The molecule has 0 aliphatic carbocycles. The number of anilines is 1. The Kier molecular flexibility index (Phi) is 6.01. The standard InChI is InChI=1S/C25H27N5OS/c1-29-15-12-26-23(29)17-30-13-10-19(11-14-30)25(31)27-20-8-6-18(7-9-20)16-24-28-21-4-2-3-5-22(21)32-24/h2-9,12,15,19H,10-11,13-14,16-17H2,1H3,(H,27,31). The molecule has 0 unspecified atom stereocenters. The molecule has 1 saturated heterocycles. The first kappa shape index (κ1) is 20.8. The van der Waals surface area contributed by atoms with Gasteiger partial charge >= 0.3 is 0 Å². The quantitative estimate of drug-likeness (QED) is 0.476. The summed E-state index contributed by atoms with van der Waals surface area (Å²) in [6, 6.07) is 16.4. The Morgan fingerprint density at radius 2 is 1.91 bits per heavy atom. The Bertz CT molecular complexity index is 1170. The monoisotopic (exact) mass is 445 g/mol. The fourth-order valence-electron chi connectivity index (χ4n) is 4.22. The van der Waals surface area contributed by atoms with Crippen LogP contribution in [0.3, 0.4) is 0 Å². The lowest BCUT2D eigenvalue weighted by atomic mass is 9.95. The van der Waals surface area contributed by atoms with E-state index in [1.807, 2.05) is 43.7 Å². The second-order valence-corrected chi connectivity index (χ2v) is 9.56. The molecule has 0 saturated carbocycles. The minimum atomic E-state index is 0.0649. The number of hydrogen-bond donors (Lipinski definition) is 1. The van der Waals surface area contributed by atoms with Crippen LogP contribution in [0.15, 0.2) is 60.9 Å². The second kappa shape index (κ2) is 9.22. The highest BCUT2D eigenvalue weighted by atomic mass is 32.1. The summed E-state index contributed by atoms with van der Waals surface area (Å²) in [5, 5.41) is 4.22. The first-order valence-electron chi connectivity index (χ1n) is 11.1. The number of thiazole rings is 1. The van der Waals surface area contributed by atoms with E-state index in [1.165, 1.54) is 10.3 Å². The van der Waals surface area contributed by atoms with Crippen molar-refractivity contribution in [2.75, 3.05) is 18.4 Å². The highest BCUT2D eigenvalue weighted by Crippen LogP contribution is 2.25. The van der Waals surface area contributed by atoms with Crippen LogP contribution in [0.5, 0.6) is 0 Å². The summed E-state index contributed by atoms with van der Waals surface area (Å²) < 4.78 is 3.27. The van der Waals surface area contributed by atoms with Crippen molar-refractivity contribution in [1.29, 1.82) is 0 Å². The largest absolute Gasteiger partial charge is 0.337 e. The number of carbonyl (C=O) groups excluding carboxylic acids is 1. The predicted octanol–water partition coefficient (Wildman–Crippen LogP) is 4.47. The van der Waals surface area contributed by atoms with Crippen molar-refractivity contribution in [2.24, 2.45) is 13.0 Å². The van der Waals surface area contributed by atoms with Crippen molar-refractivity contribution in [3.63, 3.8) is 0 Å². The number of amides is 1. The molecule has 7 heteroatoms. The molecule has 1 aliphatic rings. The van der Waals surface area contributed by atoms with E-state index in [9.17, 15) is 4.79 Å². The van der Waals surface area contributed by atoms with Crippen LogP contribution in [0.4, 0.5) is 5.69 Å². The van der Waals surface area contributed by atoms with Gasteiger partial charge in [0, 0.05) is 37.5 Å². The van der Waals surface area contributed by atoms with E-state index >= 15 is 0 Å². The molecule has 1 fully saturated rings. The highest BCUT2D eigenvalue weighted by Gasteiger charge is 2.25. The average Bonchev–Trinajstić information content (AvgIpc) is 3.41. The van der Waals surface area contributed by atoms with Crippen LogP contribution in [0, 0.1) is 5.92 Å². The molecule has 164 valence electrons. The van der Waals surface area contributed by atoms with Gasteiger partial charge in [-0.15, -0.1) is 11.3 Å². The van der Waals surface area contributed by atoms with Crippen LogP contribution < -0.4 is 5.32 Å². The second-order valence-electron chi connectivity index (χ2n) is 8.44. The van der Waals surface area contributed by atoms with E-state index in [1.54, 1.807) is 11.3 Å². The summed E-state index contributed by atoms with van der Waals surface area (Å²) in [6.07, 6.45) is 6.37. The Labute approximate surface area is 191 Å². The predicted molar refractivity (Wildman–Crippen MR) is 129 cm³/mol. The number of nitrogens with zero attached hydrogens (tertiary/aromatic N) is 4. The number of aryl methyl sites for hydroxylation is 1. The molecule has 3 heterocycles. The molecule has 1 aliphatic heterocycles. The zero-order valence-electron chi connectivity index (χ0n) is 18.2. The number of carbonyl (C=O) groups is 1. The molecule has 32 heavy (non-hydrogen) atoms. The first-order chi connectivity index (χ1) is 15.6. The zero-order chi connectivity index (χ0) is 21.9. The summed E-state index contributed by atoms with van der Waals surface area (Å²) in [5.41, 5.74) is 3.12. The lowest BCUT2D eigenvalue weighted by molar-refractivity contribution is -0.121. The fraction of sp³-hybridized carbons (Fsp3) is 0.320. The molecule has 0 atom stereocenters. The third-order valence-corrected chi connectivity index (χ3v) is 7.20. The number of benzene rings is 2. The Morgan fingerprint density at radius 3 is 2.62 bits per heavy atom. The molecular weight excluding hydrogens is 418 g/mol. The van der Waals surface area contributed by atoms with E-state index in [4.69, 9.17) is 4.98 Å². The van der Waals surface area contributed by atoms with Crippen LogP contribution >= 0.6 is 11.3 Å². The molecule has 1 amide bonds. The minimum Gasteiger partial charge on any atom is -0.337 e. The van der Waals surface area contributed by atoms with Gasteiger partial charge in [-0.1, -0.05) is 24.3 Å². The molecule has 4 aromatic rings. The van der Waals surface area contributed by atoms with Crippen molar-refractivity contribution < 1.29 is 4.79 Å². The molecule has 6 nitrogen and oxygen atoms in total. The number of nitrogens with one attached hydrogen (secondary N) is 1. The van der Waals surface area contributed by atoms with Crippen LogP contribution in [-0.2, 0) is 24.8 Å². The average molecular weight is 446 g/mol. The number of hydrogen-bond acceptors (Lipinski definition) is 5. The molecule has 0 spiro atoms. The van der Waals surface area contributed by atoms with Crippen LogP contribution in [0.1, 0.15) is 29.2 Å². The maximum Gasteiger partial charge on any atom is 0.227 e. The van der Waals surface area contributed by atoms with Crippen molar-refractivity contribution in [3.05, 3.63) is 77.3 Å². The van der Waals surface area contributed by atoms with Gasteiger partial charge < -0.3 is 9.88 Å². The van der Waals surface area contributed by atoms with Gasteiger partial charge in [0.1, 0.15) is 5.82 Å². The number of imidazole rings is 1. The smallest absolute Gasteiger partial charge is 0.227 e. The summed E-state index contributed by atoms with van der Waals surface area (Å²) in [6.45, 7) is 2.69. The number of fused-ring (bicyclic) bond motifs is 1. The van der Waals surface area contributed by atoms with Crippen LogP contribution in [0.2, 0.25) is 0 Å². The molecule has 0 bridgehead atoms. The summed E-state index contributed by atoms with van der Waals surface area (Å²) >= 11 is 1.74. The number of rotatable bonds is 6. The molecule has 0 radical (unpaired) electrons. The number of aromatic nitrogens is 3. The fourth-order valence-corrected chi connectivity index (χ4v) is 5.22. The molecule has 5 rings (SSSR count). The Hall–Kier alpha value is -3.03. The van der Waals surface area contributed by atoms with Crippen molar-refractivity contribution in [1.82, 2.24) is 19.4 Å². The number of para-hydroxylation sites is 1. The zero-order valence-corrected chi connectivity index (χ0v) is 19.0. The number of likely N-dealkylation sites (tertiary alicyclic amines) is 1. The van der Waals surface area contributed by atoms with Gasteiger partial charge in [0.25, 0.3) is 0 Å². The topological polar surface area (TPSA) is 63.1 Å². The van der Waals surface area contributed by atoms with E-state index in [0.29, 0.717) is 0 Å². The van der Waals surface area contributed by atoms with Crippen molar-refractivity contribution in [2.45, 2.75) is 25.8 Å². The highest BCUT2D eigenvalue weighted by molar-refractivity contribution is 7.18. The molecule has 2 aromatic carbocycles.